The first kappa shape index (κ1) is 39.0. The number of benzene rings is 11. The zero-order valence-electron chi connectivity index (χ0n) is 37.7. The molecule has 0 aliphatic heterocycles. The summed E-state index contributed by atoms with van der Waals surface area (Å²) in [4.78, 5) is 2.60. The maximum absolute atomic E-state index is 2.60. The Morgan fingerprint density at radius 2 is 0.926 bits per heavy atom. The minimum Gasteiger partial charge on any atom is -0.307 e. The predicted octanol–water partition coefficient (Wildman–Crippen LogP) is 18.6. The third-order valence-electron chi connectivity index (χ3n) is 14.7. The second kappa shape index (κ2) is 14.9. The fourth-order valence-corrected chi connectivity index (χ4v) is 12.7. The lowest BCUT2D eigenvalue weighted by molar-refractivity contribution is 0.660. The number of anilines is 3. The van der Waals surface area contributed by atoms with Crippen LogP contribution in [0.4, 0.5) is 17.1 Å². The van der Waals surface area contributed by atoms with Gasteiger partial charge in [0.05, 0.1) is 33.8 Å². The monoisotopic (exact) mass is 884 g/mol. The van der Waals surface area contributed by atoms with Crippen molar-refractivity contribution in [2.45, 2.75) is 19.3 Å². The van der Waals surface area contributed by atoms with Crippen LogP contribution < -0.4 is 4.90 Å². The lowest BCUT2D eigenvalue weighted by Crippen LogP contribution is -2.17. The molecule has 0 fully saturated rings. The number of hydrogen-bond donors (Lipinski definition) is 0. The molecule has 0 saturated heterocycles. The Morgan fingerprint density at radius 1 is 0.368 bits per heavy atom. The van der Waals surface area contributed by atoms with E-state index in [2.05, 4.69) is 254 Å². The predicted molar refractivity (Wildman–Crippen MR) is 292 cm³/mol. The standard InChI is InChI=1S/C65H44N2S/c1-65(2)53-25-10-7-23-50(53)64-54(65)26-16-32-60(64)67(58-30-14-13-29-57(58)66-55-27-11-8-21-48(55)49-22-9-12-28-56(49)66)59-31-15-24-47(45-34-33-41-17-3-4-18-42(41)37-45)63(59)46-35-36-61-51(39-46)52-38-43-19-5-6-20-44(43)40-62(52)68-61/h3-40H,1-2H3. The van der Waals surface area contributed by atoms with E-state index in [1.807, 2.05) is 11.3 Å². The van der Waals surface area contributed by atoms with Gasteiger partial charge >= 0.3 is 0 Å². The highest BCUT2D eigenvalue weighted by molar-refractivity contribution is 7.25. The Labute approximate surface area is 399 Å². The average Bonchev–Trinajstić information content (AvgIpc) is 4.00. The first-order chi connectivity index (χ1) is 33.5. The summed E-state index contributed by atoms with van der Waals surface area (Å²) in [6.07, 6.45) is 0. The van der Waals surface area contributed by atoms with Crippen molar-refractivity contribution in [1.29, 1.82) is 0 Å². The first-order valence-electron chi connectivity index (χ1n) is 23.6. The van der Waals surface area contributed by atoms with Gasteiger partial charge in [0, 0.05) is 47.5 Å². The van der Waals surface area contributed by atoms with E-state index < -0.39 is 0 Å². The molecular formula is C65H44N2S. The first-order valence-corrected chi connectivity index (χ1v) is 24.4. The molecule has 0 radical (unpaired) electrons. The quantitative estimate of drug-likeness (QED) is 0.162. The second-order valence-corrected chi connectivity index (χ2v) is 19.9. The molecule has 0 N–H and O–H groups in total. The van der Waals surface area contributed by atoms with Gasteiger partial charge < -0.3 is 9.47 Å². The molecule has 14 rings (SSSR count). The lowest BCUT2D eigenvalue weighted by Gasteiger charge is -2.33. The van der Waals surface area contributed by atoms with Gasteiger partial charge in [-0.1, -0.05) is 178 Å². The van der Waals surface area contributed by atoms with Crippen molar-refractivity contribution in [3.8, 4) is 39.1 Å². The van der Waals surface area contributed by atoms with Crippen molar-refractivity contribution in [3.05, 3.63) is 242 Å². The van der Waals surface area contributed by atoms with Crippen LogP contribution >= 0.6 is 11.3 Å². The third-order valence-corrected chi connectivity index (χ3v) is 15.9. The molecule has 0 spiro atoms. The van der Waals surface area contributed by atoms with E-state index in [1.165, 1.54) is 108 Å². The Balaban J connectivity index is 1.12. The summed E-state index contributed by atoms with van der Waals surface area (Å²) in [6.45, 7) is 4.76. The largest absolute Gasteiger partial charge is 0.307 e. The van der Waals surface area contributed by atoms with E-state index in [0.717, 1.165) is 22.7 Å². The molecule has 0 atom stereocenters. The van der Waals surface area contributed by atoms with Crippen LogP contribution in [0.5, 0.6) is 0 Å². The number of nitrogens with zero attached hydrogens (tertiary/aromatic N) is 2. The van der Waals surface area contributed by atoms with E-state index in [4.69, 9.17) is 0 Å². The van der Waals surface area contributed by atoms with Gasteiger partial charge in [-0.2, -0.15) is 0 Å². The molecule has 320 valence electrons. The van der Waals surface area contributed by atoms with Gasteiger partial charge in [-0.3, -0.25) is 0 Å². The summed E-state index contributed by atoms with van der Waals surface area (Å²) in [7, 11) is 0. The van der Waals surface area contributed by atoms with Crippen molar-refractivity contribution >= 4 is 91.9 Å². The molecule has 1 aliphatic carbocycles. The zero-order valence-corrected chi connectivity index (χ0v) is 38.6. The number of hydrogen-bond acceptors (Lipinski definition) is 2. The van der Waals surface area contributed by atoms with Crippen LogP contribution in [0, 0.1) is 0 Å². The Hall–Kier alpha value is -8.24. The lowest BCUT2D eigenvalue weighted by atomic mass is 9.82. The Kier molecular flexibility index (Phi) is 8.53. The summed E-state index contributed by atoms with van der Waals surface area (Å²) in [5.74, 6) is 0. The number of aromatic nitrogens is 1. The molecule has 0 unspecified atom stereocenters. The number of para-hydroxylation sites is 4. The minimum atomic E-state index is -0.190. The van der Waals surface area contributed by atoms with Gasteiger partial charge in [0.1, 0.15) is 0 Å². The minimum absolute atomic E-state index is 0.190. The number of fused-ring (bicyclic) bond motifs is 11. The summed E-state index contributed by atoms with van der Waals surface area (Å²) >= 11 is 1.88. The van der Waals surface area contributed by atoms with Crippen LogP contribution in [-0.2, 0) is 5.41 Å². The summed E-state index contributed by atoms with van der Waals surface area (Å²) < 4.78 is 5.08. The highest BCUT2D eigenvalue weighted by Crippen LogP contribution is 2.57. The van der Waals surface area contributed by atoms with Crippen LogP contribution in [0.15, 0.2) is 231 Å². The van der Waals surface area contributed by atoms with Gasteiger partial charge in [0.2, 0.25) is 0 Å². The SMILES string of the molecule is CC1(C)c2ccccc2-c2c(N(c3ccccc3-n3c4ccccc4c4ccccc43)c3cccc(-c4ccc5ccccc5c4)c3-c3ccc4sc5cc6ccccc6cc5c4c3)cccc21. The molecular weight excluding hydrogens is 841 g/mol. The molecule has 2 heterocycles. The molecule has 0 saturated carbocycles. The topological polar surface area (TPSA) is 8.17 Å². The van der Waals surface area contributed by atoms with Crippen molar-refractivity contribution in [2.24, 2.45) is 0 Å². The molecule has 3 heteroatoms. The fraction of sp³-hybridized carbons (Fsp3) is 0.0462. The van der Waals surface area contributed by atoms with Gasteiger partial charge in [0.25, 0.3) is 0 Å². The normalized spacial score (nSPS) is 13.0. The Morgan fingerprint density at radius 3 is 1.72 bits per heavy atom. The zero-order chi connectivity index (χ0) is 45.1. The Bertz CT molecular complexity index is 4150. The highest BCUT2D eigenvalue weighted by Gasteiger charge is 2.38. The van der Waals surface area contributed by atoms with Crippen molar-refractivity contribution in [3.63, 3.8) is 0 Å². The molecule has 1 aliphatic rings. The average molecular weight is 885 g/mol. The van der Waals surface area contributed by atoms with Crippen molar-refractivity contribution in [1.82, 2.24) is 4.57 Å². The molecule has 2 aromatic heterocycles. The van der Waals surface area contributed by atoms with Crippen LogP contribution in [0.3, 0.4) is 0 Å². The van der Waals surface area contributed by atoms with Gasteiger partial charge in [-0.15, -0.1) is 11.3 Å². The molecule has 13 aromatic rings. The fourth-order valence-electron chi connectivity index (χ4n) is 11.6. The number of rotatable bonds is 6. The second-order valence-electron chi connectivity index (χ2n) is 18.8. The van der Waals surface area contributed by atoms with Crippen LogP contribution in [0.25, 0.3) is 103 Å². The van der Waals surface area contributed by atoms with E-state index in [1.54, 1.807) is 0 Å². The van der Waals surface area contributed by atoms with E-state index in [0.29, 0.717) is 0 Å². The maximum atomic E-state index is 2.60. The summed E-state index contributed by atoms with van der Waals surface area (Å²) in [6, 6.07) is 86.1. The smallest absolute Gasteiger partial charge is 0.0702 e. The molecule has 2 nitrogen and oxygen atoms in total. The summed E-state index contributed by atoms with van der Waals surface area (Å²) in [5, 5.41) is 10.0. The van der Waals surface area contributed by atoms with Crippen LogP contribution in [-0.4, -0.2) is 4.57 Å². The number of thiophene rings is 1. The van der Waals surface area contributed by atoms with Crippen molar-refractivity contribution < 1.29 is 0 Å². The molecule has 0 amide bonds. The van der Waals surface area contributed by atoms with Crippen molar-refractivity contribution in [2.75, 3.05) is 4.90 Å². The molecule has 11 aromatic carbocycles. The van der Waals surface area contributed by atoms with Crippen LogP contribution in [0.1, 0.15) is 25.0 Å². The van der Waals surface area contributed by atoms with E-state index in [9.17, 15) is 0 Å². The summed E-state index contributed by atoms with van der Waals surface area (Å²) in [5.41, 5.74) is 16.6. The van der Waals surface area contributed by atoms with Gasteiger partial charge in [-0.05, 0) is 122 Å². The van der Waals surface area contributed by atoms with E-state index in [-0.39, 0.29) is 5.41 Å². The maximum Gasteiger partial charge on any atom is 0.0702 e. The third kappa shape index (κ3) is 5.76. The highest BCUT2D eigenvalue weighted by atomic mass is 32.1. The van der Waals surface area contributed by atoms with Gasteiger partial charge in [0.15, 0.2) is 0 Å². The van der Waals surface area contributed by atoms with E-state index >= 15 is 0 Å². The van der Waals surface area contributed by atoms with Gasteiger partial charge in [-0.25, -0.2) is 0 Å². The molecule has 0 bridgehead atoms. The van der Waals surface area contributed by atoms with Crippen LogP contribution in [0.2, 0.25) is 0 Å². The molecule has 68 heavy (non-hydrogen) atoms.